The van der Waals surface area contributed by atoms with E-state index in [0.717, 1.165) is 25.7 Å². The zero-order valence-electron chi connectivity index (χ0n) is 14.9. The van der Waals surface area contributed by atoms with Crippen LogP contribution in [0.4, 0.5) is 5.69 Å². The number of hydrogen-bond acceptors (Lipinski definition) is 6. The van der Waals surface area contributed by atoms with Crippen LogP contribution >= 0.6 is 0 Å². The van der Waals surface area contributed by atoms with Crippen LogP contribution in [0.25, 0.3) is 0 Å². The SMILES string of the molecule is CCCCCC[C@H]1COC(=O)[C@@]1(Nc1ccccc1O)C(=O)OCC. The van der Waals surface area contributed by atoms with Crippen LogP contribution in [-0.2, 0) is 19.1 Å². The van der Waals surface area contributed by atoms with E-state index in [-0.39, 0.29) is 24.9 Å². The number of esters is 2. The molecule has 1 aromatic rings. The standard InChI is InChI=1S/C19H27NO5/c1-3-5-6-7-10-14-13-25-18(23)19(14,17(22)24-4-2)20-15-11-8-9-12-16(15)21/h8-9,11-12,14,20-21H,3-7,10,13H2,1-2H3/t14-,19-/m0/s1. The number of carbonyl (C=O) groups excluding carboxylic acids is 2. The molecule has 1 heterocycles. The highest BCUT2D eigenvalue weighted by atomic mass is 16.6. The number of phenols is 1. The van der Waals surface area contributed by atoms with Gasteiger partial charge in [0.15, 0.2) is 0 Å². The summed E-state index contributed by atoms with van der Waals surface area (Å²) in [7, 11) is 0. The first kappa shape index (κ1) is 19.1. The molecule has 0 saturated carbocycles. The number of unbranched alkanes of at least 4 members (excludes halogenated alkanes) is 3. The first-order valence-electron chi connectivity index (χ1n) is 8.96. The van der Waals surface area contributed by atoms with E-state index >= 15 is 0 Å². The van der Waals surface area contributed by atoms with Crippen molar-refractivity contribution >= 4 is 17.6 Å². The van der Waals surface area contributed by atoms with Gasteiger partial charge >= 0.3 is 11.9 Å². The fourth-order valence-electron chi connectivity index (χ4n) is 3.19. The lowest BCUT2D eigenvalue weighted by Crippen LogP contribution is -2.56. The first-order valence-corrected chi connectivity index (χ1v) is 8.96. The van der Waals surface area contributed by atoms with E-state index in [2.05, 4.69) is 12.2 Å². The molecule has 1 aromatic carbocycles. The average molecular weight is 349 g/mol. The zero-order chi connectivity index (χ0) is 18.3. The second kappa shape index (κ2) is 8.74. The number of ether oxygens (including phenoxy) is 2. The van der Waals surface area contributed by atoms with Crippen LogP contribution in [0.15, 0.2) is 24.3 Å². The summed E-state index contributed by atoms with van der Waals surface area (Å²) in [5, 5.41) is 13.0. The second-order valence-electron chi connectivity index (χ2n) is 6.32. The Labute approximate surface area is 148 Å². The van der Waals surface area contributed by atoms with Crippen LogP contribution in [0.3, 0.4) is 0 Å². The Bertz CT molecular complexity index is 603. The van der Waals surface area contributed by atoms with Crippen molar-refractivity contribution in [2.45, 2.75) is 51.5 Å². The highest BCUT2D eigenvalue weighted by molar-refractivity contribution is 6.09. The molecule has 2 N–H and O–H groups in total. The number of anilines is 1. The number of aromatic hydroxyl groups is 1. The van der Waals surface area contributed by atoms with Gasteiger partial charge in [0.2, 0.25) is 5.54 Å². The molecule has 0 bridgehead atoms. The van der Waals surface area contributed by atoms with Crippen LogP contribution in [-0.4, -0.2) is 35.8 Å². The largest absolute Gasteiger partial charge is 0.506 e. The molecule has 138 valence electrons. The molecular weight excluding hydrogens is 322 g/mol. The third-order valence-electron chi connectivity index (χ3n) is 4.59. The van der Waals surface area contributed by atoms with Crippen molar-refractivity contribution < 1.29 is 24.2 Å². The Morgan fingerprint density at radius 2 is 2.08 bits per heavy atom. The Kier molecular flexibility index (Phi) is 6.67. The van der Waals surface area contributed by atoms with Gasteiger partial charge in [-0.15, -0.1) is 0 Å². The van der Waals surface area contributed by atoms with Gasteiger partial charge in [-0.2, -0.15) is 0 Å². The van der Waals surface area contributed by atoms with Gasteiger partial charge in [0.05, 0.1) is 18.9 Å². The van der Waals surface area contributed by atoms with E-state index in [1.54, 1.807) is 25.1 Å². The molecule has 0 spiro atoms. The molecule has 1 fully saturated rings. The predicted octanol–water partition coefficient (Wildman–Crippen LogP) is 3.25. The number of nitrogens with one attached hydrogen (secondary N) is 1. The van der Waals surface area contributed by atoms with Gasteiger partial charge in [0.1, 0.15) is 5.75 Å². The molecule has 0 amide bonds. The zero-order valence-corrected chi connectivity index (χ0v) is 14.9. The van der Waals surface area contributed by atoms with E-state index in [9.17, 15) is 14.7 Å². The third kappa shape index (κ3) is 4.06. The topological polar surface area (TPSA) is 84.9 Å². The van der Waals surface area contributed by atoms with Gasteiger partial charge < -0.3 is 19.9 Å². The van der Waals surface area contributed by atoms with Crippen LogP contribution in [0.5, 0.6) is 5.75 Å². The minimum absolute atomic E-state index is 0.0318. The molecular formula is C19H27NO5. The molecule has 0 radical (unpaired) electrons. The van der Waals surface area contributed by atoms with Crippen molar-refractivity contribution in [3.05, 3.63) is 24.3 Å². The maximum atomic E-state index is 12.7. The second-order valence-corrected chi connectivity index (χ2v) is 6.32. The summed E-state index contributed by atoms with van der Waals surface area (Å²) in [5.41, 5.74) is -1.30. The van der Waals surface area contributed by atoms with Crippen LogP contribution in [0.1, 0.15) is 46.0 Å². The molecule has 2 atom stereocenters. The average Bonchev–Trinajstić information content (AvgIpc) is 2.91. The third-order valence-corrected chi connectivity index (χ3v) is 4.59. The summed E-state index contributed by atoms with van der Waals surface area (Å²) in [5.74, 6) is -1.66. The lowest BCUT2D eigenvalue weighted by molar-refractivity contribution is -0.157. The van der Waals surface area contributed by atoms with Gasteiger partial charge in [-0.05, 0) is 25.5 Å². The van der Waals surface area contributed by atoms with Crippen molar-refractivity contribution in [3.63, 3.8) is 0 Å². The van der Waals surface area contributed by atoms with Gasteiger partial charge in [-0.3, -0.25) is 0 Å². The molecule has 2 rings (SSSR count). The molecule has 0 aliphatic carbocycles. The molecule has 6 nitrogen and oxygen atoms in total. The Hall–Kier alpha value is -2.24. The number of hydrogen-bond donors (Lipinski definition) is 2. The molecule has 25 heavy (non-hydrogen) atoms. The number of carbonyl (C=O) groups is 2. The van der Waals surface area contributed by atoms with Crippen molar-refractivity contribution in [2.24, 2.45) is 5.92 Å². The summed E-state index contributed by atoms with van der Waals surface area (Å²) in [6, 6.07) is 6.51. The van der Waals surface area contributed by atoms with Crippen molar-refractivity contribution in [3.8, 4) is 5.75 Å². The van der Waals surface area contributed by atoms with Crippen LogP contribution in [0, 0.1) is 5.92 Å². The summed E-state index contributed by atoms with van der Waals surface area (Å²) in [6.07, 6.45) is 4.83. The quantitative estimate of drug-likeness (QED) is 0.308. The maximum absolute atomic E-state index is 12.7. The number of benzene rings is 1. The van der Waals surface area contributed by atoms with Gasteiger partial charge in [0.25, 0.3) is 0 Å². The van der Waals surface area contributed by atoms with E-state index in [4.69, 9.17) is 9.47 Å². The normalized spacial score (nSPS) is 22.5. The van der Waals surface area contributed by atoms with Crippen molar-refractivity contribution in [1.29, 1.82) is 0 Å². The summed E-state index contributed by atoms with van der Waals surface area (Å²) in [4.78, 5) is 25.3. The van der Waals surface area contributed by atoms with E-state index in [1.165, 1.54) is 6.07 Å². The summed E-state index contributed by atoms with van der Waals surface area (Å²) < 4.78 is 10.4. The Morgan fingerprint density at radius 3 is 2.76 bits per heavy atom. The fraction of sp³-hybridized carbons (Fsp3) is 0.579. The van der Waals surface area contributed by atoms with Gasteiger partial charge in [0, 0.05) is 5.92 Å². The smallest absolute Gasteiger partial charge is 0.344 e. The maximum Gasteiger partial charge on any atom is 0.344 e. The monoisotopic (exact) mass is 349 g/mol. The Balaban J connectivity index is 2.29. The highest BCUT2D eigenvalue weighted by Gasteiger charge is 2.59. The van der Waals surface area contributed by atoms with Crippen LogP contribution in [0.2, 0.25) is 0 Å². The van der Waals surface area contributed by atoms with Gasteiger partial charge in [-0.25, -0.2) is 9.59 Å². The van der Waals surface area contributed by atoms with E-state index in [1.807, 2.05) is 0 Å². The number of cyclic esters (lactones) is 1. The number of rotatable bonds is 9. The minimum atomic E-state index is -1.61. The van der Waals surface area contributed by atoms with Crippen LogP contribution < -0.4 is 5.32 Å². The van der Waals surface area contributed by atoms with Gasteiger partial charge in [-0.1, -0.05) is 44.7 Å². The number of para-hydroxylation sites is 2. The van der Waals surface area contributed by atoms with E-state index in [0.29, 0.717) is 12.1 Å². The molecule has 0 unspecified atom stereocenters. The minimum Gasteiger partial charge on any atom is -0.506 e. The van der Waals surface area contributed by atoms with E-state index < -0.39 is 17.5 Å². The molecule has 1 saturated heterocycles. The molecule has 1 aliphatic rings. The molecule has 1 aliphatic heterocycles. The molecule has 0 aromatic heterocycles. The van der Waals surface area contributed by atoms with Crippen molar-refractivity contribution in [2.75, 3.05) is 18.5 Å². The Morgan fingerprint density at radius 1 is 1.32 bits per heavy atom. The highest BCUT2D eigenvalue weighted by Crippen LogP contribution is 2.38. The van der Waals surface area contributed by atoms with Crippen molar-refractivity contribution in [1.82, 2.24) is 0 Å². The lowest BCUT2D eigenvalue weighted by atomic mass is 9.82. The number of phenolic OH excluding ortho intramolecular Hbond substituents is 1. The first-order chi connectivity index (χ1) is 12.1. The summed E-state index contributed by atoms with van der Waals surface area (Å²) >= 11 is 0. The predicted molar refractivity (Wildman–Crippen MR) is 94.3 cm³/mol. The fourth-order valence-corrected chi connectivity index (χ4v) is 3.19. The lowest BCUT2D eigenvalue weighted by Gasteiger charge is -2.30. The molecule has 6 heteroatoms. The summed E-state index contributed by atoms with van der Waals surface area (Å²) in [6.45, 7) is 4.16.